The van der Waals surface area contributed by atoms with Crippen molar-refractivity contribution in [1.29, 1.82) is 0 Å². The van der Waals surface area contributed by atoms with Gasteiger partial charge in [-0.1, -0.05) is 6.92 Å². The fourth-order valence-corrected chi connectivity index (χ4v) is 3.16. The van der Waals surface area contributed by atoms with Gasteiger partial charge >= 0.3 is 5.97 Å². The van der Waals surface area contributed by atoms with E-state index in [4.69, 9.17) is 5.73 Å². The van der Waals surface area contributed by atoms with E-state index in [2.05, 4.69) is 5.10 Å². The van der Waals surface area contributed by atoms with Crippen LogP contribution in [0.4, 0.5) is 5.82 Å². The summed E-state index contributed by atoms with van der Waals surface area (Å²) in [7, 11) is 1.77. The number of carboxylic acid groups (broad SMARTS) is 1. The highest BCUT2D eigenvalue weighted by Crippen LogP contribution is 2.37. The average molecular weight is 294 g/mol. The Morgan fingerprint density at radius 2 is 1.95 bits per heavy atom. The van der Waals surface area contributed by atoms with Gasteiger partial charge in [-0.05, 0) is 26.2 Å². The van der Waals surface area contributed by atoms with E-state index in [-0.39, 0.29) is 0 Å². The monoisotopic (exact) mass is 294 g/mol. The molecule has 0 aliphatic carbocycles. The molecule has 1 amide bonds. The van der Waals surface area contributed by atoms with E-state index < -0.39 is 17.3 Å². The first-order valence-corrected chi connectivity index (χ1v) is 7.14. The third-order valence-corrected chi connectivity index (χ3v) is 4.59. The molecule has 0 saturated carbocycles. The number of hydrogen-bond acceptors (Lipinski definition) is 4. The van der Waals surface area contributed by atoms with Crippen LogP contribution in [0.15, 0.2) is 0 Å². The minimum atomic E-state index is -0.735. The molecule has 1 aromatic heterocycles. The highest BCUT2D eigenvalue weighted by molar-refractivity contribution is 5.99. The van der Waals surface area contributed by atoms with E-state index >= 15 is 0 Å². The second-order valence-corrected chi connectivity index (χ2v) is 5.70. The number of hydrogen-bond donors (Lipinski definition) is 2. The van der Waals surface area contributed by atoms with Crippen molar-refractivity contribution in [3.63, 3.8) is 0 Å². The normalized spacial score (nSPS) is 17.8. The molecule has 2 heterocycles. The molecule has 1 aromatic rings. The lowest BCUT2D eigenvalue weighted by atomic mass is 9.76. The van der Waals surface area contributed by atoms with Gasteiger partial charge in [-0.25, -0.2) is 0 Å². The van der Waals surface area contributed by atoms with E-state index in [0.717, 1.165) is 0 Å². The number of primary amides is 1. The van der Waals surface area contributed by atoms with Gasteiger partial charge in [0.25, 0.3) is 5.91 Å². The van der Waals surface area contributed by atoms with E-state index in [9.17, 15) is 14.7 Å². The Bertz CT molecular complexity index is 571. The molecule has 1 aliphatic heterocycles. The molecule has 0 spiro atoms. The van der Waals surface area contributed by atoms with E-state index in [1.807, 2.05) is 11.8 Å². The summed E-state index contributed by atoms with van der Waals surface area (Å²) in [6, 6.07) is 0. The number of anilines is 1. The summed E-state index contributed by atoms with van der Waals surface area (Å²) in [4.78, 5) is 25.1. The number of nitrogens with two attached hydrogens (primary N) is 1. The van der Waals surface area contributed by atoms with Crippen molar-refractivity contribution in [2.24, 2.45) is 18.2 Å². The molecule has 0 radical (unpaired) electrons. The van der Waals surface area contributed by atoms with Gasteiger partial charge < -0.3 is 15.7 Å². The smallest absolute Gasteiger partial charge is 0.309 e. The molecule has 0 unspecified atom stereocenters. The van der Waals surface area contributed by atoms with Crippen molar-refractivity contribution in [2.45, 2.75) is 33.1 Å². The zero-order valence-corrected chi connectivity index (χ0v) is 12.7. The molecular formula is C14H22N4O3. The van der Waals surface area contributed by atoms with Crippen LogP contribution in [0.3, 0.4) is 0 Å². The fraction of sp³-hybridized carbons (Fsp3) is 0.643. The number of aryl methyl sites for hydroxylation is 2. The van der Waals surface area contributed by atoms with Gasteiger partial charge in [0.05, 0.1) is 11.1 Å². The number of carboxylic acids is 1. The molecule has 116 valence electrons. The Labute approximate surface area is 123 Å². The molecule has 1 aliphatic rings. The van der Waals surface area contributed by atoms with Gasteiger partial charge in [0, 0.05) is 20.1 Å². The maximum atomic E-state index is 11.6. The standard InChI is InChI=1S/C14H22N4O3/c1-4-14(13(20)21)5-7-18(8-6-14)12-10(11(15)19)9(2)16-17(12)3/h4-8H2,1-3H3,(H2,15,19)(H,20,21). The Morgan fingerprint density at radius 3 is 2.38 bits per heavy atom. The SMILES string of the molecule is CCC1(C(=O)O)CCN(c2c(C(N)=O)c(C)nn2C)CC1. The second kappa shape index (κ2) is 5.38. The molecule has 0 atom stereocenters. The van der Waals surface area contributed by atoms with E-state index in [1.165, 1.54) is 0 Å². The van der Waals surface area contributed by atoms with Crippen molar-refractivity contribution in [1.82, 2.24) is 9.78 Å². The van der Waals surface area contributed by atoms with Crippen LogP contribution >= 0.6 is 0 Å². The Kier molecular flexibility index (Phi) is 3.93. The zero-order valence-electron chi connectivity index (χ0n) is 12.7. The predicted octanol–water partition coefficient (Wildman–Crippen LogP) is 0.909. The zero-order chi connectivity index (χ0) is 15.8. The molecule has 2 rings (SSSR count). The Morgan fingerprint density at radius 1 is 1.38 bits per heavy atom. The highest BCUT2D eigenvalue weighted by Gasteiger charge is 2.41. The van der Waals surface area contributed by atoms with Crippen LogP contribution in [0.25, 0.3) is 0 Å². The van der Waals surface area contributed by atoms with Crippen LogP contribution in [0.2, 0.25) is 0 Å². The molecule has 21 heavy (non-hydrogen) atoms. The van der Waals surface area contributed by atoms with Crippen molar-refractivity contribution >= 4 is 17.7 Å². The van der Waals surface area contributed by atoms with Crippen molar-refractivity contribution in [3.05, 3.63) is 11.3 Å². The van der Waals surface area contributed by atoms with Crippen LogP contribution in [0, 0.1) is 12.3 Å². The maximum absolute atomic E-state index is 11.6. The molecule has 3 N–H and O–H groups in total. The number of carbonyl (C=O) groups is 2. The lowest BCUT2D eigenvalue weighted by Gasteiger charge is -2.39. The first-order valence-electron chi connectivity index (χ1n) is 7.14. The number of piperidine rings is 1. The third kappa shape index (κ3) is 2.48. The number of carbonyl (C=O) groups excluding carboxylic acids is 1. The lowest BCUT2D eigenvalue weighted by molar-refractivity contribution is -0.150. The summed E-state index contributed by atoms with van der Waals surface area (Å²) in [6.07, 6.45) is 1.73. The maximum Gasteiger partial charge on any atom is 0.309 e. The summed E-state index contributed by atoms with van der Waals surface area (Å²) in [5.74, 6) is -0.544. The molecule has 7 nitrogen and oxygen atoms in total. The summed E-state index contributed by atoms with van der Waals surface area (Å²) in [5, 5.41) is 13.7. The number of aliphatic carboxylic acids is 1. The molecule has 1 saturated heterocycles. The minimum Gasteiger partial charge on any atom is -0.481 e. The van der Waals surface area contributed by atoms with Crippen LogP contribution in [0.1, 0.15) is 42.2 Å². The van der Waals surface area contributed by atoms with Crippen LogP contribution in [0.5, 0.6) is 0 Å². The van der Waals surface area contributed by atoms with Gasteiger partial charge in [0.2, 0.25) is 0 Å². The predicted molar refractivity (Wildman–Crippen MR) is 78.3 cm³/mol. The number of aromatic nitrogens is 2. The second-order valence-electron chi connectivity index (χ2n) is 5.70. The summed E-state index contributed by atoms with van der Waals surface area (Å²) in [5.41, 5.74) is 5.82. The van der Waals surface area contributed by atoms with Crippen molar-refractivity contribution in [3.8, 4) is 0 Å². The van der Waals surface area contributed by atoms with Gasteiger partial charge in [-0.2, -0.15) is 5.10 Å². The van der Waals surface area contributed by atoms with Crippen LogP contribution < -0.4 is 10.6 Å². The summed E-state index contributed by atoms with van der Waals surface area (Å²) in [6.45, 7) is 4.83. The van der Waals surface area contributed by atoms with E-state index in [0.29, 0.717) is 49.4 Å². The van der Waals surface area contributed by atoms with Gasteiger partial charge in [0.15, 0.2) is 0 Å². The third-order valence-electron chi connectivity index (χ3n) is 4.59. The van der Waals surface area contributed by atoms with Crippen LogP contribution in [-0.4, -0.2) is 39.9 Å². The molecule has 0 bridgehead atoms. The molecule has 1 fully saturated rings. The molecular weight excluding hydrogens is 272 g/mol. The summed E-state index contributed by atoms with van der Waals surface area (Å²) < 4.78 is 1.65. The fourth-order valence-electron chi connectivity index (χ4n) is 3.16. The summed E-state index contributed by atoms with van der Waals surface area (Å²) >= 11 is 0. The van der Waals surface area contributed by atoms with Crippen molar-refractivity contribution < 1.29 is 14.7 Å². The number of rotatable bonds is 4. The van der Waals surface area contributed by atoms with Crippen LogP contribution in [-0.2, 0) is 11.8 Å². The topological polar surface area (TPSA) is 101 Å². The molecule has 0 aromatic carbocycles. The Balaban J connectivity index is 2.28. The largest absolute Gasteiger partial charge is 0.481 e. The van der Waals surface area contributed by atoms with Gasteiger partial charge in [-0.15, -0.1) is 0 Å². The van der Waals surface area contributed by atoms with E-state index in [1.54, 1.807) is 18.7 Å². The van der Waals surface area contributed by atoms with Gasteiger partial charge in [-0.3, -0.25) is 14.3 Å². The van der Waals surface area contributed by atoms with Gasteiger partial charge in [0.1, 0.15) is 11.4 Å². The number of nitrogens with zero attached hydrogens (tertiary/aromatic N) is 3. The first-order chi connectivity index (χ1) is 9.82. The average Bonchev–Trinajstić information content (AvgIpc) is 2.73. The lowest BCUT2D eigenvalue weighted by Crippen LogP contribution is -2.45. The highest BCUT2D eigenvalue weighted by atomic mass is 16.4. The molecule has 7 heteroatoms. The number of amides is 1. The Hall–Kier alpha value is -2.05. The van der Waals surface area contributed by atoms with Crippen molar-refractivity contribution in [2.75, 3.05) is 18.0 Å². The first kappa shape index (κ1) is 15.3. The quantitative estimate of drug-likeness (QED) is 0.859. The minimum absolute atomic E-state index is 0.428.